The third-order valence-corrected chi connectivity index (χ3v) is 21.2. The molecule has 4 heteroatoms. The normalized spacial score (nSPS) is 12.1. The Labute approximate surface area is 326 Å². The zero-order chi connectivity index (χ0) is 37.2. The van der Waals surface area contributed by atoms with E-state index < -0.39 is 16.1 Å². The lowest BCUT2D eigenvalue weighted by Crippen LogP contribution is -2.74. The molecule has 9 rings (SSSR count). The first-order valence-electron chi connectivity index (χ1n) is 18.9. The van der Waals surface area contributed by atoms with Gasteiger partial charge in [-0.2, -0.15) is 0 Å². The number of ether oxygens (including phenoxy) is 2. The van der Waals surface area contributed by atoms with Crippen LogP contribution in [-0.2, 0) is 6.42 Å². The van der Waals surface area contributed by atoms with Gasteiger partial charge in [-0.25, -0.2) is 0 Å². The van der Waals surface area contributed by atoms with Crippen molar-refractivity contribution in [3.63, 3.8) is 0 Å². The van der Waals surface area contributed by atoms with E-state index in [1.165, 1.54) is 63.7 Å². The van der Waals surface area contributed by atoms with E-state index in [-0.39, 0.29) is 0 Å². The minimum atomic E-state index is -2.72. The molecule has 1 aliphatic rings. The molecule has 0 saturated carbocycles. The van der Waals surface area contributed by atoms with Crippen molar-refractivity contribution in [1.29, 1.82) is 0 Å². The second kappa shape index (κ2) is 14.6. The monoisotopic (exact) mass is 742 g/mol. The number of benzene rings is 8. The van der Waals surface area contributed by atoms with Crippen molar-refractivity contribution in [2.45, 2.75) is 6.42 Å². The second-order valence-electron chi connectivity index (χ2n) is 14.3. The summed E-state index contributed by atoms with van der Waals surface area (Å²) in [6.45, 7) is 0. The smallest absolute Gasteiger partial charge is 0.179 e. The molecule has 0 aromatic heterocycles. The molecule has 0 fully saturated rings. The molecular formula is C51H42O2Si2. The molecule has 0 atom stereocenters. The van der Waals surface area contributed by atoms with Crippen LogP contribution in [0.4, 0.5) is 0 Å². The molecule has 0 amide bonds. The first-order valence-corrected chi connectivity index (χ1v) is 22.9. The van der Waals surface area contributed by atoms with E-state index in [2.05, 4.69) is 206 Å². The van der Waals surface area contributed by atoms with Crippen LogP contribution in [0.1, 0.15) is 11.1 Å². The topological polar surface area (TPSA) is 18.5 Å². The Morgan fingerprint density at radius 1 is 0.309 bits per heavy atom. The fraction of sp³-hybridized carbons (Fsp3) is 0.0588. The highest BCUT2D eigenvalue weighted by molar-refractivity contribution is 7.20. The van der Waals surface area contributed by atoms with Gasteiger partial charge in [-0.3, -0.25) is 0 Å². The number of hydrogen-bond donors (Lipinski definition) is 0. The molecule has 55 heavy (non-hydrogen) atoms. The zero-order valence-electron chi connectivity index (χ0n) is 31.2. The van der Waals surface area contributed by atoms with Gasteiger partial charge in [0, 0.05) is 0 Å². The van der Waals surface area contributed by atoms with E-state index in [1.54, 1.807) is 14.2 Å². The van der Waals surface area contributed by atoms with Gasteiger partial charge in [-0.1, -0.05) is 182 Å². The van der Waals surface area contributed by atoms with Crippen LogP contribution in [0.2, 0.25) is 0 Å². The van der Waals surface area contributed by atoms with E-state index in [0.717, 1.165) is 17.9 Å². The van der Waals surface area contributed by atoms with Crippen LogP contribution in [0.3, 0.4) is 0 Å². The van der Waals surface area contributed by atoms with Crippen LogP contribution in [0.5, 0.6) is 11.5 Å². The maximum absolute atomic E-state index is 5.64. The van der Waals surface area contributed by atoms with Crippen LogP contribution in [0.15, 0.2) is 206 Å². The summed E-state index contributed by atoms with van der Waals surface area (Å²) >= 11 is 0. The Morgan fingerprint density at radius 3 is 0.873 bits per heavy atom. The highest BCUT2D eigenvalue weighted by atomic mass is 28.3. The number of rotatable bonds is 10. The molecule has 0 unspecified atom stereocenters. The zero-order valence-corrected chi connectivity index (χ0v) is 33.2. The summed E-state index contributed by atoms with van der Waals surface area (Å²) in [7, 11) is -1.97. The minimum absolute atomic E-state index is 0.869. The Hall–Kier alpha value is -6.21. The molecule has 0 bridgehead atoms. The van der Waals surface area contributed by atoms with E-state index in [4.69, 9.17) is 9.47 Å². The molecule has 0 N–H and O–H groups in total. The third-order valence-electron chi connectivity index (χ3n) is 11.6. The van der Waals surface area contributed by atoms with Crippen molar-refractivity contribution < 1.29 is 9.47 Å². The van der Waals surface area contributed by atoms with E-state index >= 15 is 0 Å². The van der Waals surface area contributed by atoms with Gasteiger partial charge < -0.3 is 9.47 Å². The summed E-state index contributed by atoms with van der Waals surface area (Å²) in [4.78, 5) is 0. The third kappa shape index (κ3) is 5.77. The SMILES string of the molecule is COc1ccc([Si](c2ccccc2)(c2ccccc2)c2ccc3c(c2)Cc2cc([Si](c4ccccc4)(c4ccccc4)c4ccc(OC)cc4)ccc2-3)cc1. The minimum Gasteiger partial charge on any atom is -0.497 e. The number of hydrogen-bond acceptors (Lipinski definition) is 2. The summed E-state index contributed by atoms with van der Waals surface area (Å²) in [5.41, 5.74) is 5.44. The Morgan fingerprint density at radius 2 is 0.582 bits per heavy atom. The van der Waals surface area contributed by atoms with Crippen LogP contribution < -0.4 is 51.0 Å². The Bertz CT molecular complexity index is 2290. The number of methoxy groups -OCH3 is 2. The molecular weight excluding hydrogens is 701 g/mol. The molecule has 0 saturated heterocycles. The number of fused-ring (bicyclic) bond motifs is 3. The summed E-state index contributed by atoms with van der Waals surface area (Å²) in [6.07, 6.45) is 0.889. The average molecular weight is 743 g/mol. The molecule has 0 heterocycles. The van der Waals surface area contributed by atoms with Gasteiger partial charge in [0.1, 0.15) is 11.5 Å². The summed E-state index contributed by atoms with van der Waals surface area (Å²) in [5, 5.41) is 10.9. The molecule has 0 spiro atoms. The largest absolute Gasteiger partial charge is 0.497 e. The van der Waals surface area contributed by atoms with E-state index in [9.17, 15) is 0 Å². The molecule has 0 radical (unpaired) electrons. The van der Waals surface area contributed by atoms with Gasteiger partial charge in [-0.15, -0.1) is 0 Å². The average Bonchev–Trinajstić information content (AvgIpc) is 3.64. The fourth-order valence-electron chi connectivity index (χ4n) is 9.11. The molecule has 2 nitrogen and oxygen atoms in total. The predicted molar refractivity (Wildman–Crippen MR) is 235 cm³/mol. The lowest BCUT2D eigenvalue weighted by molar-refractivity contribution is 0.415. The highest BCUT2D eigenvalue weighted by Crippen LogP contribution is 2.36. The Balaban J connectivity index is 1.22. The Kier molecular flexibility index (Phi) is 9.14. The standard InChI is InChI=1S/C51H42O2Si2/c1-52-40-23-27-46(28-24-40)54(42-15-7-3-8-16-42,43-17-9-4-10-18-43)48-31-33-50-38(36-48)35-39-37-49(32-34-51(39)50)55(44-19-11-5-12-20-44,45-21-13-6-14-22-45)47-29-25-41(53-2)26-30-47/h3-34,36-37H,35H2,1-2H3. The second-order valence-corrected chi connectivity index (χ2v) is 22.0. The molecule has 8 aromatic rings. The maximum Gasteiger partial charge on any atom is 0.179 e. The fourth-order valence-corrected chi connectivity index (χ4v) is 18.7. The van der Waals surface area contributed by atoms with Crippen molar-refractivity contribution in [1.82, 2.24) is 0 Å². The lowest BCUT2D eigenvalue weighted by Gasteiger charge is -2.35. The summed E-state index contributed by atoms with van der Waals surface area (Å²) in [5.74, 6) is 1.74. The molecule has 1 aliphatic carbocycles. The van der Waals surface area contributed by atoms with Crippen LogP contribution in [0, 0.1) is 0 Å². The molecule has 8 aromatic carbocycles. The van der Waals surface area contributed by atoms with Crippen molar-refractivity contribution in [3.8, 4) is 22.6 Å². The van der Waals surface area contributed by atoms with Gasteiger partial charge >= 0.3 is 0 Å². The van der Waals surface area contributed by atoms with Crippen molar-refractivity contribution in [2.75, 3.05) is 14.2 Å². The first-order chi connectivity index (χ1) is 27.2. The van der Waals surface area contributed by atoms with Crippen LogP contribution >= 0.6 is 0 Å². The van der Waals surface area contributed by atoms with E-state index in [0.29, 0.717) is 0 Å². The van der Waals surface area contributed by atoms with Crippen molar-refractivity contribution in [2.24, 2.45) is 0 Å². The van der Waals surface area contributed by atoms with Gasteiger partial charge in [0.2, 0.25) is 0 Å². The van der Waals surface area contributed by atoms with Crippen LogP contribution in [-0.4, -0.2) is 30.4 Å². The summed E-state index contributed by atoms with van der Waals surface area (Å²) in [6, 6.07) is 76.9. The van der Waals surface area contributed by atoms with Gasteiger partial charge in [0.25, 0.3) is 0 Å². The van der Waals surface area contributed by atoms with Crippen molar-refractivity contribution in [3.05, 3.63) is 217 Å². The van der Waals surface area contributed by atoms with Crippen LogP contribution in [0.25, 0.3) is 11.1 Å². The quantitative estimate of drug-likeness (QED) is 0.126. The molecule has 266 valence electrons. The predicted octanol–water partition coefficient (Wildman–Crippen LogP) is 6.03. The first kappa shape index (κ1) is 34.6. The van der Waals surface area contributed by atoms with Crippen molar-refractivity contribution >= 4 is 57.6 Å². The van der Waals surface area contributed by atoms with Gasteiger partial charge in [0.15, 0.2) is 16.1 Å². The molecule has 0 aliphatic heterocycles. The van der Waals surface area contributed by atoms with Gasteiger partial charge in [-0.05, 0) is 94.4 Å². The highest BCUT2D eigenvalue weighted by Gasteiger charge is 2.44. The summed E-state index contributed by atoms with van der Waals surface area (Å²) < 4.78 is 11.3. The maximum atomic E-state index is 5.64. The van der Waals surface area contributed by atoms with Gasteiger partial charge in [0.05, 0.1) is 14.2 Å². The lowest BCUT2D eigenvalue weighted by atomic mass is 10.1. The van der Waals surface area contributed by atoms with E-state index in [1.807, 2.05) is 0 Å².